The number of amides is 2. The van der Waals surface area contributed by atoms with Gasteiger partial charge in [-0.25, -0.2) is 4.79 Å². The van der Waals surface area contributed by atoms with Gasteiger partial charge >= 0.3 is 5.97 Å². The third-order valence-corrected chi connectivity index (χ3v) is 6.11. The molecule has 1 aliphatic rings. The standard InChI is InChI=1S/C26H23N3O4S/c1-14-8-9-15(2)22(10-14)29-24(31)21(23(30)27-26(29)34)13-19-11-16(3)28(17(19)4)20-7-5-6-18(12-20)25(32)33/h5-13H,1-4H3,(H,32,33)(H,27,30,34)/b21-13+. The van der Waals surface area contributed by atoms with Gasteiger partial charge in [0, 0.05) is 17.1 Å². The third kappa shape index (κ3) is 4.04. The highest BCUT2D eigenvalue weighted by Crippen LogP contribution is 2.28. The summed E-state index contributed by atoms with van der Waals surface area (Å²) in [6.45, 7) is 7.53. The Balaban J connectivity index is 1.79. The molecule has 2 amide bonds. The van der Waals surface area contributed by atoms with Crippen LogP contribution in [0.3, 0.4) is 0 Å². The molecule has 2 heterocycles. The Kier molecular flexibility index (Phi) is 5.93. The van der Waals surface area contributed by atoms with Gasteiger partial charge in [-0.15, -0.1) is 0 Å². The predicted octanol–water partition coefficient (Wildman–Crippen LogP) is 4.24. The minimum absolute atomic E-state index is 0.0333. The van der Waals surface area contributed by atoms with E-state index in [0.29, 0.717) is 16.9 Å². The molecule has 1 saturated heterocycles. The lowest BCUT2D eigenvalue weighted by Gasteiger charge is -2.30. The van der Waals surface area contributed by atoms with Crippen molar-refractivity contribution in [3.05, 3.63) is 87.7 Å². The molecule has 0 unspecified atom stereocenters. The van der Waals surface area contributed by atoms with E-state index in [1.54, 1.807) is 18.2 Å². The number of carbonyl (C=O) groups is 3. The molecular weight excluding hydrogens is 450 g/mol. The first kappa shape index (κ1) is 23.1. The number of hydrogen-bond acceptors (Lipinski definition) is 4. The van der Waals surface area contributed by atoms with Gasteiger partial charge in [0.25, 0.3) is 11.8 Å². The number of benzene rings is 2. The van der Waals surface area contributed by atoms with Crippen molar-refractivity contribution in [1.29, 1.82) is 0 Å². The number of aromatic carboxylic acids is 1. The van der Waals surface area contributed by atoms with E-state index in [9.17, 15) is 19.5 Å². The van der Waals surface area contributed by atoms with E-state index in [1.807, 2.05) is 62.6 Å². The smallest absolute Gasteiger partial charge is 0.335 e. The molecule has 0 atom stereocenters. The number of aromatic nitrogens is 1. The van der Waals surface area contributed by atoms with Crippen molar-refractivity contribution in [2.24, 2.45) is 0 Å². The van der Waals surface area contributed by atoms with Crippen LogP contribution in [0.5, 0.6) is 0 Å². The Morgan fingerprint density at radius 1 is 1.03 bits per heavy atom. The summed E-state index contributed by atoms with van der Waals surface area (Å²) in [4.78, 5) is 38.9. The van der Waals surface area contributed by atoms with Crippen molar-refractivity contribution in [1.82, 2.24) is 9.88 Å². The highest BCUT2D eigenvalue weighted by atomic mass is 32.1. The maximum absolute atomic E-state index is 13.4. The number of nitrogens with one attached hydrogen (secondary N) is 1. The van der Waals surface area contributed by atoms with Crippen molar-refractivity contribution >= 4 is 46.9 Å². The first-order valence-electron chi connectivity index (χ1n) is 10.6. The average molecular weight is 474 g/mol. The zero-order chi connectivity index (χ0) is 24.7. The van der Waals surface area contributed by atoms with Crippen molar-refractivity contribution in [3.8, 4) is 5.69 Å². The minimum atomic E-state index is -1.02. The molecule has 1 fully saturated rings. The molecule has 1 aromatic heterocycles. The van der Waals surface area contributed by atoms with Crippen LogP contribution in [0, 0.1) is 27.7 Å². The number of hydrogen-bond donors (Lipinski definition) is 2. The third-order valence-electron chi connectivity index (χ3n) is 5.83. The summed E-state index contributed by atoms with van der Waals surface area (Å²) in [5.74, 6) is -2.08. The molecule has 0 bridgehead atoms. The van der Waals surface area contributed by atoms with Crippen LogP contribution in [0.4, 0.5) is 5.69 Å². The van der Waals surface area contributed by atoms with Gasteiger partial charge in [0.1, 0.15) is 5.57 Å². The molecule has 34 heavy (non-hydrogen) atoms. The van der Waals surface area contributed by atoms with E-state index in [0.717, 1.165) is 22.5 Å². The van der Waals surface area contributed by atoms with E-state index in [1.165, 1.54) is 11.0 Å². The summed E-state index contributed by atoms with van der Waals surface area (Å²) < 4.78 is 1.89. The lowest BCUT2D eigenvalue weighted by atomic mass is 10.0. The van der Waals surface area contributed by atoms with Crippen molar-refractivity contribution < 1.29 is 19.5 Å². The largest absolute Gasteiger partial charge is 0.478 e. The number of carboxylic acid groups (broad SMARTS) is 1. The zero-order valence-corrected chi connectivity index (χ0v) is 20.0. The molecular formula is C26H23N3O4S. The van der Waals surface area contributed by atoms with Gasteiger partial charge in [-0.1, -0.05) is 18.2 Å². The Morgan fingerprint density at radius 2 is 1.76 bits per heavy atom. The monoisotopic (exact) mass is 473 g/mol. The lowest BCUT2D eigenvalue weighted by Crippen LogP contribution is -2.54. The maximum atomic E-state index is 13.4. The van der Waals surface area contributed by atoms with E-state index in [-0.39, 0.29) is 16.2 Å². The Morgan fingerprint density at radius 3 is 2.47 bits per heavy atom. The molecule has 1 aliphatic heterocycles. The second-order valence-corrected chi connectivity index (χ2v) is 8.65. The summed E-state index contributed by atoms with van der Waals surface area (Å²) in [7, 11) is 0. The molecule has 0 radical (unpaired) electrons. The van der Waals surface area contributed by atoms with Gasteiger partial charge in [0.2, 0.25) is 0 Å². The number of aryl methyl sites for hydroxylation is 3. The van der Waals surface area contributed by atoms with E-state index in [2.05, 4.69) is 5.32 Å². The van der Waals surface area contributed by atoms with Crippen molar-refractivity contribution in [2.75, 3.05) is 4.90 Å². The van der Waals surface area contributed by atoms with Crippen LogP contribution < -0.4 is 10.2 Å². The summed E-state index contributed by atoms with van der Waals surface area (Å²) in [6, 6.07) is 14.1. The Labute approximate surface area is 202 Å². The van der Waals surface area contributed by atoms with Gasteiger partial charge in [-0.05, 0) is 93.0 Å². The van der Waals surface area contributed by atoms with Crippen LogP contribution in [-0.2, 0) is 9.59 Å². The number of carboxylic acids is 1. The number of nitrogens with zero attached hydrogens (tertiary/aromatic N) is 2. The van der Waals surface area contributed by atoms with Crippen LogP contribution in [0.15, 0.2) is 54.1 Å². The highest BCUT2D eigenvalue weighted by molar-refractivity contribution is 7.80. The van der Waals surface area contributed by atoms with Crippen molar-refractivity contribution in [3.63, 3.8) is 0 Å². The highest BCUT2D eigenvalue weighted by Gasteiger charge is 2.35. The summed E-state index contributed by atoms with van der Waals surface area (Å²) >= 11 is 5.33. The molecule has 172 valence electrons. The fraction of sp³-hybridized carbons (Fsp3) is 0.154. The molecule has 0 aliphatic carbocycles. The van der Waals surface area contributed by atoms with Crippen LogP contribution >= 0.6 is 12.2 Å². The van der Waals surface area contributed by atoms with Crippen LogP contribution in [0.25, 0.3) is 11.8 Å². The van der Waals surface area contributed by atoms with Gasteiger partial charge in [-0.3, -0.25) is 19.8 Å². The van der Waals surface area contributed by atoms with Crippen LogP contribution in [0.1, 0.15) is 38.4 Å². The van der Waals surface area contributed by atoms with Crippen LogP contribution in [-0.4, -0.2) is 32.6 Å². The fourth-order valence-electron chi connectivity index (χ4n) is 4.10. The summed E-state index contributed by atoms with van der Waals surface area (Å²) in [5.41, 5.74) is 5.52. The average Bonchev–Trinajstić information content (AvgIpc) is 3.06. The first-order chi connectivity index (χ1) is 16.1. The normalized spacial score (nSPS) is 15.1. The predicted molar refractivity (Wildman–Crippen MR) is 134 cm³/mol. The van der Waals surface area contributed by atoms with E-state index in [4.69, 9.17) is 12.2 Å². The molecule has 0 spiro atoms. The van der Waals surface area contributed by atoms with Gasteiger partial charge in [0.15, 0.2) is 5.11 Å². The fourth-order valence-corrected chi connectivity index (χ4v) is 4.38. The van der Waals surface area contributed by atoms with Gasteiger partial charge in [-0.2, -0.15) is 0 Å². The molecule has 7 nitrogen and oxygen atoms in total. The molecule has 2 N–H and O–H groups in total. The van der Waals surface area contributed by atoms with E-state index >= 15 is 0 Å². The molecule has 8 heteroatoms. The second-order valence-electron chi connectivity index (χ2n) is 8.27. The number of thiocarbonyl (C=S) groups is 1. The Bertz CT molecular complexity index is 1420. The van der Waals surface area contributed by atoms with Gasteiger partial charge < -0.3 is 9.67 Å². The van der Waals surface area contributed by atoms with Gasteiger partial charge in [0.05, 0.1) is 11.3 Å². The second kappa shape index (κ2) is 8.72. The van der Waals surface area contributed by atoms with E-state index < -0.39 is 17.8 Å². The SMILES string of the molecule is Cc1ccc(C)c(N2C(=O)/C(=C/c3cc(C)n(-c4cccc(C(=O)O)c4)c3C)C(=O)NC2=S)c1. The zero-order valence-electron chi connectivity index (χ0n) is 19.2. The lowest BCUT2D eigenvalue weighted by molar-refractivity contribution is -0.122. The molecule has 4 rings (SSSR count). The van der Waals surface area contributed by atoms with Crippen molar-refractivity contribution in [2.45, 2.75) is 27.7 Å². The molecule has 0 saturated carbocycles. The number of anilines is 1. The van der Waals surface area contributed by atoms with Crippen LogP contribution in [0.2, 0.25) is 0 Å². The maximum Gasteiger partial charge on any atom is 0.335 e. The summed E-state index contributed by atoms with van der Waals surface area (Å²) in [5, 5.41) is 12.0. The minimum Gasteiger partial charge on any atom is -0.478 e. The summed E-state index contributed by atoms with van der Waals surface area (Å²) in [6.07, 6.45) is 1.55. The Hall–Kier alpha value is -4.04. The quantitative estimate of drug-likeness (QED) is 0.336. The number of rotatable bonds is 4. The first-order valence-corrected chi connectivity index (χ1v) is 11.0. The number of carbonyl (C=O) groups excluding carboxylic acids is 2. The molecule has 3 aromatic rings. The topological polar surface area (TPSA) is 91.6 Å². The molecule has 2 aromatic carbocycles.